The number of hydrogen-bond acceptors (Lipinski definition) is 7. The summed E-state index contributed by atoms with van der Waals surface area (Å²) in [6.07, 6.45) is -1.03. The van der Waals surface area contributed by atoms with Crippen molar-refractivity contribution in [1.82, 2.24) is 15.2 Å². The second-order valence-electron chi connectivity index (χ2n) is 9.81. The van der Waals surface area contributed by atoms with Gasteiger partial charge in [-0.2, -0.15) is 5.26 Å². The second kappa shape index (κ2) is 12.8. The minimum Gasteiger partial charge on any atom is -0.467 e. The van der Waals surface area contributed by atoms with Gasteiger partial charge in [-0.1, -0.05) is 30.3 Å². The predicted octanol–water partition coefficient (Wildman–Crippen LogP) is 4.64. The zero-order valence-electron chi connectivity index (χ0n) is 22.5. The van der Waals surface area contributed by atoms with E-state index in [2.05, 4.69) is 16.4 Å². The maximum atomic E-state index is 12.5. The van der Waals surface area contributed by atoms with Crippen LogP contribution in [0.3, 0.4) is 0 Å². The lowest BCUT2D eigenvalue weighted by Gasteiger charge is -2.32. The number of nitrogens with one attached hydrogen (secondary N) is 1. The summed E-state index contributed by atoms with van der Waals surface area (Å²) in [6, 6.07) is 18.7. The molecule has 0 aliphatic heterocycles. The molecule has 2 amide bonds. The number of methoxy groups -OCH3 is 1. The number of benzene rings is 2. The Balaban J connectivity index is 1.83. The number of carbonyl (C=O) groups excluding carboxylic acids is 1. The van der Waals surface area contributed by atoms with Gasteiger partial charge in [-0.25, -0.2) is 9.78 Å². The predicted molar refractivity (Wildman–Crippen MR) is 148 cm³/mol. The van der Waals surface area contributed by atoms with Gasteiger partial charge in [-0.15, -0.1) is 0 Å². The molecule has 4 N–H and O–H groups in total. The smallest absolute Gasteiger partial charge is 0.407 e. The topological polar surface area (TPSA) is 151 Å². The standard InChI is InChI=1S/C29H33N5O5/c1-29(2,3)34(28(36)37)13-12-26(35)32-17-19-8-7-9-20(14-19)22-15-24(33-27(31)23(22)16-30)21-10-5-6-11-25(21)39-18-38-4/h5-11,14-15H,12-13,17-18H2,1-4H3,(H2,31,33)(H,32,35)(H,36,37). The summed E-state index contributed by atoms with van der Waals surface area (Å²) in [5.41, 5.74) is 9.19. The molecule has 204 valence electrons. The van der Waals surface area contributed by atoms with Crippen LogP contribution >= 0.6 is 0 Å². The van der Waals surface area contributed by atoms with Gasteiger partial charge < -0.3 is 30.5 Å². The second-order valence-corrected chi connectivity index (χ2v) is 9.81. The minimum absolute atomic E-state index is 0.0383. The monoisotopic (exact) mass is 531 g/mol. The SMILES string of the molecule is COCOc1ccccc1-c1cc(-c2cccc(CNC(=O)CCN(C(=O)O)C(C)(C)C)c2)c(C#N)c(N)n1. The van der Waals surface area contributed by atoms with Crippen LogP contribution in [-0.2, 0) is 16.1 Å². The van der Waals surface area contributed by atoms with E-state index in [0.717, 1.165) is 11.1 Å². The Morgan fingerprint density at radius 1 is 1.13 bits per heavy atom. The summed E-state index contributed by atoms with van der Waals surface area (Å²) < 4.78 is 10.7. The molecular weight excluding hydrogens is 498 g/mol. The molecule has 0 saturated carbocycles. The van der Waals surface area contributed by atoms with Gasteiger partial charge >= 0.3 is 6.09 Å². The number of para-hydroxylation sites is 1. The maximum Gasteiger partial charge on any atom is 0.407 e. The molecule has 39 heavy (non-hydrogen) atoms. The highest BCUT2D eigenvalue weighted by molar-refractivity contribution is 5.82. The molecule has 0 atom stereocenters. The molecule has 1 heterocycles. The first-order chi connectivity index (χ1) is 18.5. The number of pyridine rings is 1. The first kappa shape index (κ1) is 28.9. The molecule has 2 aromatic carbocycles. The summed E-state index contributed by atoms with van der Waals surface area (Å²) in [6.45, 7) is 5.73. The molecule has 0 fully saturated rings. The third-order valence-corrected chi connectivity index (χ3v) is 5.99. The van der Waals surface area contributed by atoms with Gasteiger partial charge in [-0.3, -0.25) is 4.79 Å². The summed E-state index contributed by atoms with van der Waals surface area (Å²) in [5.74, 6) is 0.384. The number of rotatable bonds is 10. The molecule has 0 bridgehead atoms. The Morgan fingerprint density at radius 3 is 2.54 bits per heavy atom. The quantitative estimate of drug-likeness (QED) is 0.320. The lowest BCUT2D eigenvalue weighted by atomic mass is 9.97. The number of hydrogen-bond donors (Lipinski definition) is 3. The first-order valence-electron chi connectivity index (χ1n) is 12.3. The van der Waals surface area contributed by atoms with Gasteiger partial charge in [0.2, 0.25) is 5.91 Å². The summed E-state index contributed by atoms with van der Waals surface area (Å²) in [4.78, 5) is 29.7. The van der Waals surface area contributed by atoms with Gasteiger partial charge in [0.25, 0.3) is 0 Å². The number of anilines is 1. The highest BCUT2D eigenvalue weighted by Crippen LogP contribution is 2.35. The molecule has 0 saturated heterocycles. The van der Waals surface area contributed by atoms with Crippen molar-refractivity contribution in [3.63, 3.8) is 0 Å². The molecule has 1 aromatic heterocycles. The third-order valence-electron chi connectivity index (χ3n) is 5.99. The van der Waals surface area contributed by atoms with E-state index in [1.165, 1.54) is 12.0 Å². The molecule has 0 aliphatic rings. The van der Waals surface area contributed by atoms with Gasteiger partial charge in [0.05, 0.1) is 5.69 Å². The molecule has 0 radical (unpaired) electrons. The fourth-order valence-electron chi connectivity index (χ4n) is 4.04. The summed E-state index contributed by atoms with van der Waals surface area (Å²) in [7, 11) is 1.53. The average Bonchev–Trinajstić information content (AvgIpc) is 2.89. The van der Waals surface area contributed by atoms with Crippen molar-refractivity contribution in [3.8, 4) is 34.2 Å². The molecule has 10 heteroatoms. The Hall–Kier alpha value is -4.62. The van der Waals surface area contributed by atoms with E-state index in [1.54, 1.807) is 32.9 Å². The van der Waals surface area contributed by atoms with Crippen LogP contribution in [0.1, 0.15) is 38.3 Å². The Morgan fingerprint density at radius 2 is 1.87 bits per heavy atom. The van der Waals surface area contributed by atoms with E-state index in [1.807, 2.05) is 42.5 Å². The Bertz CT molecular complexity index is 1380. The van der Waals surface area contributed by atoms with Crippen LogP contribution in [0.2, 0.25) is 0 Å². The van der Waals surface area contributed by atoms with Crippen molar-refractivity contribution in [1.29, 1.82) is 5.26 Å². The van der Waals surface area contributed by atoms with Crippen molar-refractivity contribution in [2.24, 2.45) is 0 Å². The Labute approximate surface area is 228 Å². The first-order valence-corrected chi connectivity index (χ1v) is 12.3. The fraction of sp³-hybridized carbons (Fsp3) is 0.310. The molecule has 3 aromatic rings. The lowest BCUT2D eigenvalue weighted by Crippen LogP contribution is -2.46. The number of nitriles is 1. The van der Waals surface area contributed by atoms with Gasteiger partial charge in [-0.05, 0) is 56.2 Å². The molecule has 10 nitrogen and oxygen atoms in total. The van der Waals surface area contributed by atoms with Crippen molar-refractivity contribution < 1.29 is 24.2 Å². The van der Waals surface area contributed by atoms with Crippen molar-refractivity contribution in [2.75, 3.05) is 26.2 Å². The van der Waals surface area contributed by atoms with Crippen LogP contribution < -0.4 is 15.8 Å². The highest BCUT2D eigenvalue weighted by Gasteiger charge is 2.26. The highest BCUT2D eigenvalue weighted by atomic mass is 16.7. The van der Waals surface area contributed by atoms with Crippen LogP contribution in [-0.4, -0.2) is 53.0 Å². The number of ether oxygens (including phenoxy) is 2. The largest absolute Gasteiger partial charge is 0.467 e. The minimum atomic E-state index is -1.07. The van der Waals surface area contributed by atoms with Gasteiger partial charge in [0, 0.05) is 43.3 Å². The van der Waals surface area contributed by atoms with E-state index in [4.69, 9.17) is 15.2 Å². The van der Waals surface area contributed by atoms with E-state index >= 15 is 0 Å². The van der Waals surface area contributed by atoms with Crippen LogP contribution in [0.25, 0.3) is 22.4 Å². The third kappa shape index (κ3) is 7.46. The number of nitrogens with zero attached hydrogens (tertiary/aromatic N) is 3. The van der Waals surface area contributed by atoms with Crippen molar-refractivity contribution >= 4 is 17.8 Å². The number of nitrogen functional groups attached to an aromatic ring is 1. The van der Waals surface area contributed by atoms with Crippen molar-refractivity contribution in [3.05, 3.63) is 65.7 Å². The van der Waals surface area contributed by atoms with Crippen LogP contribution in [0.5, 0.6) is 5.75 Å². The van der Waals surface area contributed by atoms with Gasteiger partial charge in [0.15, 0.2) is 6.79 Å². The van der Waals surface area contributed by atoms with Crippen LogP contribution in [0.4, 0.5) is 10.6 Å². The fourth-order valence-corrected chi connectivity index (χ4v) is 4.04. The van der Waals surface area contributed by atoms with E-state index in [0.29, 0.717) is 22.6 Å². The number of carboxylic acid groups (broad SMARTS) is 1. The molecule has 0 spiro atoms. The zero-order valence-corrected chi connectivity index (χ0v) is 22.5. The van der Waals surface area contributed by atoms with E-state index < -0.39 is 11.6 Å². The zero-order chi connectivity index (χ0) is 28.6. The summed E-state index contributed by atoms with van der Waals surface area (Å²) in [5, 5.41) is 22.1. The molecule has 0 aliphatic carbocycles. The number of aromatic nitrogens is 1. The molecule has 0 unspecified atom stereocenters. The summed E-state index contributed by atoms with van der Waals surface area (Å²) >= 11 is 0. The van der Waals surface area contributed by atoms with Crippen LogP contribution in [0, 0.1) is 11.3 Å². The van der Waals surface area contributed by atoms with Crippen LogP contribution in [0.15, 0.2) is 54.6 Å². The van der Waals surface area contributed by atoms with Crippen molar-refractivity contribution in [2.45, 2.75) is 39.3 Å². The molecular formula is C29H33N5O5. The number of carbonyl (C=O) groups is 2. The van der Waals surface area contributed by atoms with E-state index in [9.17, 15) is 20.0 Å². The number of nitrogens with two attached hydrogens (primary N) is 1. The average molecular weight is 532 g/mol. The van der Waals surface area contributed by atoms with E-state index in [-0.39, 0.29) is 43.6 Å². The molecule has 3 rings (SSSR count). The maximum absolute atomic E-state index is 12.5. The van der Waals surface area contributed by atoms with Gasteiger partial charge in [0.1, 0.15) is 23.2 Å². The Kier molecular flexibility index (Phi) is 9.47. The number of amides is 2. The normalized spacial score (nSPS) is 10.9. The lowest BCUT2D eigenvalue weighted by molar-refractivity contribution is -0.121.